The second kappa shape index (κ2) is 3.56. The molecule has 0 spiro atoms. The van der Waals surface area contributed by atoms with Crippen molar-refractivity contribution in [2.24, 2.45) is 5.41 Å². The summed E-state index contributed by atoms with van der Waals surface area (Å²) >= 11 is 5.79. The lowest BCUT2D eigenvalue weighted by molar-refractivity contribution is 0.103. The lowest BCUT2D eigenvalue weighted by Gasteiger charge is -2.17. The number of hydrogen-bond acceptors (Lipinski definition) is 1. The van der Waals surface area contributed by atoms with Gasteiger partial charge in [0, 0.05) is 5.02 Å². The summed E-state index contributed by atoms with van der Waals surface area (Å²) in [5.74, 6) is 0. The Labute approximate surface area is 89.7 Å². The molecule has 0 radical (unpaired) electrons. The first-order valence-corrected chi connectivity index (χ1v) is 5.40. The fraction of sp³-hybridized carbons (Fsp3) is 0.500. The first kappa shape index (κ1) is 10.0. The summed E-state index contributed by atoms with van der Waals surface area (Å²) in [4.78, 5) is 0. The molecule has 0 aromatic heterocycles. The highest BCUT2D eigenvalue weighted by Gasteiger charge is 2.43. The van der Waals surface area contributed by atoms with Crippen molar-refractivity contribution in [1.82, 2.24) is 0 Å². The van der Waals surface area contributed by atoms with E-state index in [1.54, 1.807) is 0 Å². The number of hydrogen-bond donors (Lipinski definition) is 1. The third-order valence-electron chi connectivity index (χ3n) is 3.19. The smallest absolute Gasteiger partial charge is 0.0634 e. The molecule has 14 heavy (non-hydrogen) atoms. The predicted molar refractivity (Wildman–Crippen MR) is 58.5 cm³/mol. The van der Waals surface area contributed by atoms with Crippen molar-refractivity contribution in [2.75, 3.05) is 0 Å². The van der Waals surface area contributed by atoms with E-state index in [0.29, 0.717) is 0 Å². The molecule has 1 aromatic rings. The van der Waals surface area contributed by atoms with Crippen molar-refractivity contribution < 1.29 is 5.11 Å². The topological polar surface area (TPSA) is 20.2 Å². The van der Waals surface area contributed by atoms with Gasteiger partial charge < -0.3 is 5.11 Å². The van der Waals surface area contributed by atoms with Crippen LogP contribution in [0.1, 0.15) is 25.3 Å². The molecule has 0 bridgehead atoms. The Morgan fingerprint density at radius 1 is 1.36 bits per heavy atom. The highest BCUT2D eigenvalue weighted by Crippen LogP contribution is 2.48. The lowest BCUT2D eigenvalue weighted by atomic mass is 9.95. The fourth-order valence-electron chi connectivity index (χ4n) is 1.62. The van der Waals surface area contributed by atoms with E-state index < -0.39 is 0 Å². The normalized spacial score (nSPS) is 20.5. The van der Waals surface area contributed by atoms with Gasteiger partial charge in [-0.15, -0.1) is 0 Å². The van der Waals surface area contributed by atoms with Crippen LogP contribution in [-0.2, 0) is 6.42 Å². The highest BCUT2D eigenvalue weighted by molar-refractivity contribution is 6.30. The van der Waals surface area contributed by atoms with E-state index in [2.05, 4.69) is 6.92 Å². The van der Waals surface area contributed by atoms with Gasteiger partial charge in [0.25, 0.3) is 0 Å². The molecule has 1 fully saturated rings. The van der Waals surface area contributed by atoms with Crippen LogP contribution in [0.2, 0.25) is 5.02 Å². The Morgan fingerprint density at radius 2 is 1.93 bits per heavy atom. The van der Waals surface area contributed by atoms with Crippen molar-refractivity contribution >= 4 is 11.6 Å². The molecule has 1 aliphatic carbocycles. The van der Waals surface area contributed by atoms with Crippen molar-refractivity contribution in [3.8, 4) is 0 Å². The van der Waals surface area contributed by atoms with Gasteiger partial charge in [-0.3, -0.25) is 0 Å². The molecule has 0 aliphatic heterocycles. The van der Waals surface area contributed by atoms with Crippen LogP contribution >= 0.6 is 11.6 Å². The summed E-state index contributed by atoms with van der Waals surface area (Å²) in [5, 5.41) is 10.7. The zero-order valence-corrected chi connectivity index (χ0v) is 9.09. The van der Waals surface area contributed by atoms with Crippen LogP contribution in [0, 0.1) is 5.41 Å². The average molecular weight is 211 g/mol. The summed E-state index contributed by atoms with van der Waals surface area (Å²) in [6, 6.07) is 7.71. The molecule has 1 unspecified atom stereocenters. The Kier molecular flexibility index (Phi) is 2.54. The number of halogens is 1. The number of rotatable bonds is 3. The van der Waals surface area contributed by atoms with E-state index in [4.69, 9.17) is 11.6 Å². The van der Waals surface area contributed by atoms with Gasteiger partial charge in [-0.25, -0.2) is 0 Å². The van der Waals surface area contributed by atoms with Crippen molar-refractivity contribution in [1.29, 1.82) is 0 Å². The van der Waals surface area contributed by atoms with Gasteiger partial charge in [-0.2, -0.15) is 0 Å². The number of aliphatic hydroxyl groups is 1. The molecular weight excluding hydrogens is 196 g/mol. The minimum absolute atomic E-state index is 0.180. The molecule has 0 heterocycles. The maximum atomic E-state index is 9.94. The van der Waals surface area contributed by atoms with E-state index in [0.717, 1.165) is 29.8 Å². The van der Waals surface area contributed by atoms with Gasteiger partial charge >= 0.3 is 0 Å². The van der Waals surface area contributed by atoms with Crippen LogP contribution in [0.4, 0.5) is 0 Å². The molecular formula is C12H15ClO. The molecule has 0 amide bonds. The zero-order chi connectivity index (χ0) is 10.2. The first-order chi connectivity index (χ1) is 6.60. The summed E-state index contributed by atoms with van der Waals surface area (Å²) in [7, 11) is 0. The minimum Gasteiger partial charge on any atom is -0.392 e. The highest BCUT2D eigenvalue weighted by atomic mass is 35.5. The molecule has 1 aliphatic rings. The van der Waals surface area contributed by atoms with Crippen molar-refractivity contribution in [2.45, 2.75) is 32.3 Å². The van der Waals surface area contributed by atoms with Crippen LogP contribution < -0.4 is 0 Å². The van der Waals surface area contributed by atoms with Crippen LogP contribution in [0.25, 0.3) is 0 Å². The maximum Gasteiger partial charge on any atom is 0.0634 e. The predicted octanol–water partition coefficient (Wildman–Crippen LogP) is 3.04. The second-order valence-corrected chi connectivity index (χ2v) is 4.94. The van der Waals surface area contributed by atoms with Gasteiger partial charge in [0.05, 0.1) is 6.10 Å². The average Bonchev–Trinajstić information content (AvgIpc) is 2.89. The Hall–Kier alpha value is -0.530. The Morgan fingerprint density at radius 3 is 2.43 bits per heavy atom. The van der Waals surface area contributed by atoms with E-state index in [9.17, 15) is 5.11 Å². The fourth-order valence-corrected chi connectivity index (χ4v) is 1.75. The maximum absolute atomic E-state index is 9.94. The third-order valence-corrected chi connectivity index (χ3v) is 3.44. The van der Waals surface area contributed by atoms with Crippen molar-refractivity contribution in [3.05, 3.63) is 34.9 Å². The molecule has 0 saturated heterocycles. The molecule has 76 valence electrons. The minimum atomic E-state index is -0.205. The van der Waals surface area contributed by atoms with E-state index >= 15 is 0 Å². The monoisotopic (exact) mass is 210 g/mol. The molecule has 2 heteroatoms. The summed E-state index contributed by atoms with van der Waals surface area (Å²) in [6.45, 7) is 2.15. The SMILES string of the molecule is CC1(C(O)Cc2ccc(Cl)cc2)CC1. The van der Waals surface area contributed by atoms with Gasteiger partial charge in [-0.05, 0) is 42.4 Å². The largest absolute Gasteiger partial charge is 0.392 e. The number of aliphatic hydroxyl groups excluding tert-OH is 1. The molecule has 1 atom stereocenters. The van der Waals surface area contributed by atoms with Crippen LogP contribution in [0.3, 0.4) is 0 Å². The van der Waals surface area contributed by atoms with Gasteiger partial charge in [-0.1, -0.05) is 30.7 Å². The van der Waals surface area contributed by atoms with Gasteiger partial charge in [0.2, 0.25) is 0 Å². The molecule has 1 N–H and O–H groups in total. The van der Waals surface area contributed by atoms with Crippen LogP contribution in [0.15, 0.2) is 24.3 Å². The van der Waals surface area contributed by atoms with Crippen LogP contribution in [-0.4, -0.2) is 11.2 Å². The summed E-state index contributed by atoms with van der Waals surface area (Å²) in [6.07, 6.45) is 2.85. The zero-order valence-electron chi connectivity index (χ0n) is 8.33. The molecule has 1 saturated carbocycles. The third kappa shape index (κ3) is 2.10. The molecule has 1 aromatic carbocycles. The first-order valence-electron chi connectivity index (χ1n) is 5.03. The Bertz CT molecular complexity index is 314. The molecule has 1 nitrogen and oxygen atoms in total. The summed E-state index contributed by atoms with van der Waals surface area (Å²) in [5.41, 5.74) is 1.34. The standard InChI is InChI=1S/C12H15ClO/c1-12(6-7-12)11(14)8-9-2-4-10(13)5-3-9/h2-5,11,14H,6-8H2,1H3. The van der Waals surface area contributed by atoms with Crippen LogP contribution in [0.5, 0.6) is 0 Å². The van der Waals surface area contributed by atoms with Crippen molar-refractivity contribution in [3.63, 3.8) is 0 Å². The number of benzene rings is 1. The van der Waals surface area contributed by atoms with E-state index in [-0.39, 0.29) is 11.5 Å². The Balaban J connectivity index is 2.00. The van der Waals surface area contributed by atoms with Gasteiger partial charge in [0.15, 0.2) is 0 Å². The van der Waals surface area contributed by atoms with E-state index in [1.807, 2.05) is 24.3 Å². The summed E-state index contributed by atoms with van der Waals surface area (Å²) < 4.78 is 0. The lowest BCUT2D eigenvalue weighted by Crippen LogP contribution is -2.21. The van der Waals surface area contributed by atoms with Gasteiger partial charge in [0.1, 0.15) is 0 Å². The van der Waals surface area contributed by atoms with E-state index in [1.165, 1.54) is 0 Å². The quantitative estimate of drug-likeness (QED) is 0.813. The second-order valence-electron chi connectivity index (χ2n) is 4.50. The molecule has 2 rings (SSSR count).